The molecule has 1 amide bonds. The van der Waals surface area contributed by atoms with Crippen LogP contribution in [0.25, 0.3) is 5.69 Å². The summed E-state index contributed by atoms with van der Waals surface area (Å²) in [6, 6.07) is 4.85. The standard InChI is InChI=1S/C21H20F3N7O2/c1-33-13-2-3-14(16(8-13)31-27-4-5-28-31)20(32)30-11-12-6-15(17(30)7-12)29-19-10-25-18(9-26-19)21(22,23)24/h2-5,8-10,12,15,17H,6-7,11H2,1H3,(H,26,29)/t12-,15+,17-/m0/s1. The van der Waals surface area contributed by atoms with Crippen molar-refractivity contribution in [3.8, 4) is 11.4 Å². The number of likely N-dealkylation sites (tertiary alicyclic amines) is 1. The number of carbonyl (C=O) groups is 1. The minimum absolute atomic E-state index is 0.118. The monoisotopic (exact) mass is 459 g/mol. The summed E-state index contributed by atoms with van der Waals surface area (Å²) < 4.78 is 43.5. The van der Waals surface area contributed by atoms with Crippen molar-refractivity contribution in [2.24, 2.45) is 5.92 Å². The van der Waals surface area contributed by atoms with Gasteiger partial charge in [0.2, 0.25) is 0 Å². The van der Waals surface area contributed by atoms with Crippen LogP contribution in [0.3, 0.4) is 0 Å². The smallest absolute Gasteiger partial charge is 0.434 e. The number of hydrogen-bond donors (Lipinski definition) is 1. The van der Waals surface area contributed by atoms with Crippen LogP contribution in [0.4, 0.5) is 19.0 Å². The normalized spacial score (nSPS) is 21.9. The maximum Gasteiger partial charge on any atom is 0.434 e. The molecule has 3 aromatic rings. The van der Waals surface area contributed by atoms with Crippen LogP contribution in [0.1, 0.15) is 28.9 Å². The van der Waals surface area contributed by atoms with Crippen LogP contribution in [0, 0.1) is 5.92 Å². The summed E-state index contributed by atoms with van der Waals surface area (Å²) in [4.78, 5) is 24.0. The van der Waals surface area contributed by atoms with Crippen LogP contribution in [0.5, 0.6) is 5.75 Å². The molecular formula is C21H20F3N7O2. The number of alkyl halides is 3. The summed E-state index contributed by atoms with van der Waals surface area (Å²) in [7, 11) is 1.54. The molecule has 3 heterocycles. The average molecular weight is 459 g/mol. The molecule has 1 aliphatic heterocycles. The Labute approximate surface area is 186 Å². The zero-order valence-electron chi connectivity index (χ0n) is 17.5. The van der Waals surface area contributed by atoms with Crippen molar-refractivity contribution in [1.82, 2.24) is 29.9 Å². The molecule has 2 bridgehead atoms. The lowest BCUT2D eigenvalue weighted by atomic mass is 10.0. The Morgan fingerprint density at radius 2 is 1.94 bits per heavy atom. The number of fused-ring (bicyclic) bond motifs is 2. The molecule has 0 radical (unpaired) electrons. The highest BCUT2D eigenvalue weighted by Gasteiger charge is 2.47. The second kappa shape index (κ2) is 8.01. The predicted octanol–water partition coefficient (Wildman–Crippen LogP) is 2.80. The molecule has 1 N–H and O–H groups in total. The van der Waals surface area contributed by atoms with Gasteiger partial charge in [0.25, 0.3) is 5.91 Å². The van der Waals surface area contributed by atoms with E-state index >= 15 is 0 Å². The zero-order chi connectivity index (χ0) is 23.2. The third kappa shape index (κ3) is 3.96. The fourth-order valence-corrected chi connectivity index (χ4v) is 4.63. The van der Waals surface area contributed by atoms with Crippen LogP contribution in [-0.4, -0.2) is 61.5 Å². The quantitative estimate of drug-likeness (QED) is 0.627. The number of piperidine rings is 1. The van der Waals surface area contributed by atoms with Crippen LogP contribution >= 0.6 is 0 Å². The van der Waals surface area contributed by atoms with Crippen molar-refractivity contribution in [2.45, 2.75) is 31.1 Å². The van der Waals surface area contributed by atoms with Crippen molar-refractivity contribution < 1.29 is 22.7 Å². The highest BCUT2D eigenvalue weighted by Crippen LogP contribution is 2.40. The number of benzene rings is 1. The van der Waals surface area contributed by atoms with Crippen molar-refractivity contribution in [1.29, 1.82) is 0 Å². The number of rotatable bonds is 5. The Balaban J connectivity index is 1.37. The number of methoxy groups -OCH3 is 1. The number of carbonyl (C=O) groups excluding carboxylic acids is 1. The van der Waals surface area contributed by atoms with E-state index in [0.717, 1.165) is 19.0 Å². The van der Waals surface area contributed by atoms with E-state index in [9.17, 15) is 18.0 Å². The summed E-state index contributed by atoms with van der Waals surface area (Å²) in [5.41, 5.74) is -0.102. The molecule has 1 aliphatic carbocycles. The van der Waals surface area contributed by atoms with Gasteiger partial charge in [-0.15, -0.1) is 0 Å². The number of aromatic nitrogens is 5. The van der Waals surface area contributed by atoms with E-state index in [-0.39, 0.29) is 23.8 Å². The van der Waals surface area contributed by atoms with Crippen molar-refractivity contribution in [3.63, 3.8) is 0 Å². The Kier molecular flexibility index (Phi) is 5.14. The molecule has 0 spiro atoms. The Bertz CT molecular complexity index is 1150. The first-order valence-electron chi connectivity index (χ1n) is 10.3. The van der Waals surface area contributed by atoms with Crippen LogP contribution in [-0.2, 0) is 6.18 Å². The predicted molar refractivity (Wildman–Crippen MR) is 110 cm³/mol. The third-order valence-corrected chi connectivity index (χ3v) is 6.09. The van der Waals surface area contributed by atoms with Gasteiger partial charge in [-0.25, -0.2) is 9.97 Å². The molecule has 2 fully saturated rings. The van der Waals surface area contributed by atoms with E-state index in [0.29, 0.717) is 35.7 Å². The number of amides is 1. The summed E-state index contributed by atoms with van der Waals surface area (Å²) in [6.07, 6.45) is 1.90. The summed E-state index contributed by atoms with van der Waals surface area (Å²) in [5, 5.41) is 11.5. The number of nitrogens with zero attached hydrogens (tertiary/aromatic N) is 6. The first-order chi connectivity index (χ1) is 15.8. The van der Waals surface area contributed by atoms with E-state index in [2.05, 4.69) is 25.5 Å². The first kappa shape index (κ1) is 21.2. The van der Waals surface area contributed by atoms with Gasteiger partial charge in [0.1, 0.15) is 17.3 Å². The summed E-state index contributed by atoms with van der Waals surface area (Å²) in [6.45, 7) is 0.609. The Morgan fingerprint density at radius 3 is 2.58 bits per heavy atom. The fourth-order valence-electron chi connectivity index (χ4n) is 4.63. The van der Waals surface area contributed by atoms with Gasteiger partial charge in [-0.2, -0.15) is 28.2 Å². The van der Waals surface area contributed by atoms with E-state index < -0.39 is 11.9 Å². The van der Waals surface area contributed by atoms with Gasteiger partial charge in [0, 0.05) is 18.7 Å². The van der Waals surface area contributed by atoms with Gasteiger partial charge in [-0.3, -0.25) is 4.79 Å². The zero-order valence-corrected chi connectivity index (χ0v) is 17.5. The van der Waals surface area contributed by atoms with Gasteiger partial charge < -0.3 is 15.0 Å². The van der Waals surface area contributed by atoms with Gasteiger partial charge in [-0.05, 0) is 30.9 Å². The molecule has 12 heteroatoms. The second-order valence-corrected chi connectivity index (χ2v) is 8.10. The molecule has 3 atom stereocenters. The largest absolute Gasteiger partial charge is 0.497 e. The van der Waals surface area contributed by atoms with Crippen molar-refractivity contribution in [3.05, 3.63) is 54.2 Å². The van der Waals surface area contributed by atoms with Crippen molar-refractivity contribution >= 4 is 11.7 Å². The van der Waals surface area contributed by atoms with Gasteiger partial charge in [0.05, 0.1) is 43.5 Å². The number of hydrogen-bond acceptors (Lipinski definition) is 7. The fraction of sp³-hybridized carbons (Fsp3) is 0.381. The second-order valence-electron chi connectivity index (χ2n) is 8.10. The average Bonchev–Trinajstić information content (AvgIpc) is 3.55. The lowest BCUT2D eigenvalue weighted by Crippen LogP contribution is -2.48. The van der Waals surface area contributed by atoms with Gasteiger partial charge in [-0.1, -0.05) is 0 Å². The highest BCUT2D eigenvalue weighted by atomic mass is 19.4. The number of nitrogens with one attached hydrogen (secondary N) is 1. The number of ether oxygens (including phenoxy) is 1. The minimum atomic E-state index is -4.54. The molecule has 5 rings (SSSR count). The van der Waals surface area contributed by atoms with Gasteiger partial charge in [0.15, 0.2) is 5.69 Å². The molecule has 33 heavy (non-hydrogen) atoms. The lowest BCUT2D eigenvalue weighted by molar-refractivity contribution is -0.141. The molecule has 9 nitrogen and oxygen atoms in total. The minimum Gasteiger partial charge on any atom is -0.497 e. The van der Waals surface area contributed by atoms with Crippen LogP contribution in [0.2, 0.25) is 0 Å². The van der Waals surface area contributed by atoms with Crippen LogP contribution in [0.15, 0.2) is 43.0 Å². The molecule has 1 saturated carbocycles. The molecule has 0 unspecified atom stereocenters. The van der Waals surface area contributed by atoms with Crippen LogP contribution < -0.4 is 10.1 Å². The number of anilines is 1. The molecule has 2 aromatic heterocycles. The molecule has 172 valence electrons. The molecule has 1 aromatic carbocycles. The van der Waals surface area contributed by atoms with E-state index in [1.807, 2.05) is 0 Å². The maximum atomic E-state index is 13.5. The SMILES string of the molecule is COc1ccc(C(=O)N2C[C@H]3C[C@@H](Nc4cnc(C(F)(F)F)cn4)[C@@H]2C3)c(-n2nccn2)c1. The van der Waals surface area contributed by atoms with E-state index in [1.54, 1.807) is 23.1 Å². The lowest BCUT2D eigenvalue weighted by Gasteiger charge is -2.34. The summed E-state index contributed by atoms with van der Waals surface area (Å²) >= 11 is 0. The summed E-state index contributed by atoms with van der Waals surface area (Å²) in [5.74, 6) is 0.951. The molecule has 2 aliphatic rings. The van der Waals surface area contributed by atoms with Crippen molar-refractivity contribution in [2.75, 3.05) is 19.0 Å². The third-order valence-electron chi connectivity index (χ3n) is 6.09. The van der Waals surface area contributed by atoms with E-state index in [1.165, 1.54) is 24.3 Å². The number of halogens is 3. The van der Waals surface area contributed by atoms with E-state index in [4.69, 9.17) is 4.74 Å². The Hall–Kier alpha value is -3.70. The topological polar surface area (TPSA) is 98.1 Å². The maximum absolute atomic E-state index is 13.5. The molecule has 1 saturated heterocycles. The first-order valence-corrected chi connectivity index (χ1v) is 10.3. The molecular weight excluding hydrogens is 439 g/mol. The van der Waals surface area contributed by atoms with Gasteiger partial charge >= 0.3 is 6.18 Å². The highest BCUT2D eigenvalue weighted by molar-refractivity contribution is 5.98. The Morgan fingerprint density at radius 1 is 1.15 bits per heavy atom.